The molecule has 0 aliphatic heterocycles. The Labute approximate surface area is 227 Å². The van der Waals surface area contributed by atoms with E-state index in [1.54, 1.807) is 13.8 Å². The highest BCUT2D eigenvalue weighted by Crippen LogP contribution is 2.29. The van der Waals surface area contributed by atoms with Crippen LogP contribution in [0.5, 0.6) is 5.75 Å². The zero-order valence-corrected chi connectivity index (χ0v) is 24.0. The number of hydrogen-bond donors (Lipinski definition) is 0. The number of rotatable bonds is 14. The fourth-order valence-corrected chi connectivity index (χ4v) is 5.12. The largest absolute Gasteiger partial charge is 0.491 e. The summed E-state index contributed by atoms with van der Waals surface area (Å²) in [6.07, 6.45) is 2.54. The van der Waals surface area contributed by atoms with Crippen molar-refractivity contribution in [3.63, 3.8) is 0 Å². The molecule has 39 heavy (non-hydrogen) atoms. The van der Waals surface area contributed by atoms with Crippen LogP contribution in [0.25, 0.3) is 0 Å². The first-order valence-electron chi connectivity index (χ1n) is 13.1. The minimum absolute atomic E-state index is 0.00171. The molecule has 1 unspecified atom stereocenters. The Bertz CT molecular complexity index is 1110. The summed E-state index contributed by atoms with van der Waals surface area (Å²) in [5.74, 6) is -11.0. The van der Waals surface area contributed by atoms with E-state index >= 15 is 0 Å². The third kappa shape index (κ3) is 8.74. The zero-order valence-electron chi connectivity index (χ0n) is 23.0. The lowest BCUT2D eigenvalue weighted by Gasteiger charge is -2.34. The molecule has 1 amide bonds. The van der Waals surface area contributed by atoms with Crippen molar-refractivity contribution in [3.8, 4) is 5.75 Å². The van der Waals surface area contributed by atoms with Crippen molar-refractivity contribution in [1.29, 1.82) is 0 Å². The molecular formula is C28H36F5NO4Si. The minimum Gasteiger partial charge on any atom is -0.491 e. The smallest absolute Gasteiger partial charge is 0.260 e. The molecule has 1 fully saturated rings. The lowest BCUT2D eigenvalue weighted by Crippen LogP contribution is -2.48. The van der Waals surface area contributed by atoms with E-state index in [9.17, 15) is 26.7 Å². The van der Waals surface area contributed by atoms with E-state index in [4.69, 9.17) is 13.9 Å². The molecule has 1 aliphatic carbocycles. The van der Waals surface area contributed by atoms with Crippen LogP contribution < -0.4 is 4.74 Å². The third-order valence-electron chi connectivity index (χ3n) is 6.17. The van der Waals surface area contributed by atoms with Gasteiger partial charge >= 0.3 is 0 Å². The van der Waals surface area contributed by atoms with E-state index in [-0.39, 0.29) is 13.2 Å². The number of amides is 1. The average Bonchev–Trinajstić information content (AvgIpc) is 3.70. The maximum Gasteiger partial charge on any atom is 0.260 e. The van der Waals surface area contributed by atoms with E-state index in [2.05, 4.69) is 0 Å². The van der Waals surface area contributed by atoms with Gasteiger partial charge in [0.1, 0.15) is 17.9 Å². The van der Waals surface area contributed by atoms with E-state index in [0.29, 0.717) is 18.3 Å². The van der Waals surface area contributed by atoms with Crippen LogP contribution in [0.3, 0.4) is 0 Å². The molecule has 0 radical (unpaired) electrons. The van der Waals surface area contributed by atoms with Gasteiger partial charge in [0.25, 0.3) is 5.91 Å². The van der Waals surface area contributed by atoms with Crippen molar-refractivity contribution in [1.82, 2.24) is 4.90 Å². The number of carbonyl (C=O) groups is 1. The Balaban J connectivity index is 1.70. The molecular weight excluding hydrogens is 537 g/mol. The van der Waals surface area contributed by atoms with E-state index in [1.807, 2.05) is 43.9 Å². The standard InChI is InChI=1S/C28H36F5NO4Si/c1-17(2)34(28(35)22-23(29)25(31)27(33)26(32)24(22)30)14-21(38-39(3,4)5)16-37-20-10-8-18(9-11-20)12-13-36-15-19-6-7-19/h8-11,17,19,21H,6-7,12-16H2,1-5H3. The van der Waals surface area contributed by atoms with Crippen molar-refractivity contribution >= 4 is 14.2 Å². The van der Waals surface area contributed by atoms with Crippen molar-refractivity contribution in [2.24, 2.45) is 5.92 Å². The quantitative estimate of drug-likeness (QED) is 0.0851. The zero-order chi connectivity index (χ0) is 28.9. The molecule has 2 aromatic rings. The maximum atomic E-state index is 14.4. The molecule has 5 nitrogen and oxygen atoms in total. The summed E-state index contributed by atoms with van der Waals surface area (Å²) in [6.45, 7) is 10.2. The molecule has 1 aliphatic rings. The lowest BCUT2D eigenvalue weighted by atomic mass is 10.1. The summed E-state index contributed by atoms with van der Waals surface area (Å²) in [5.41, 5.74) is -0.406. The van der Waals surface area contributed by atoms with E-state index < -0.39 is 61.0 Å². The van der Waals surface area contributed by atoms with Gasteiger partial charge in [-0.25, -0.2) is 22.0 Å². The number of halogens is 5. The molecule has 0 aromatic heterocycles. The van der Waals surface area contributed by atoms with Gasteiger partial charge in [-0.2, -0.15) is 0 Å². The molecule has 2 aromatic carbocycles. The molecule has 216 valence electrons. The SMILES string of the molecule is CC(C)N(CC(COc1ccc(CCOCC2CC2)cc1)O[Si](C)(C)C)C(=O)c1c(F)c(F)c(F)c(F)c1F. The summed E-state index contributed by atoms with van der Waals surface area (Å²) in [7, 11) is -2.20. The summed E-state index contributed by atoms with van der Waals surface area (Å²) in [4.78, 5) is 14.1. The highest BCUT2D eigenvalue weighted by molar-refractivity contribution is 6.69. The first kappa shape index (κ1) is 31.0. The third-order valence-corrected chi connectivity index (χ3v) is 7.21. The molecule has 1 saturated carbocycles. The van der Waals surface area contributed by atoms with Crippen molar-refractivity contribution < 1.29 is 40.6 Å². The summed E-state index contributed by atoms with van der Waals surface area (Å²) < 4.78 is 87.7. The van der Waals surface area contributed by atoms with Crippen molar-refractivity contribution in [3.05, 3.63) is 64.5 Å². The Morgan fingerprint density at radius 1 is 0.949 bits per heavy atom. The Hall–Kier alpha value is -2.50. The molecule has 11 heteroatoms. The number of ether oxygens (including phenoxy) is 2. The summed E-state index contributed by atoms with van der Waals surface area (Å²) >= 11 is 0. The monoisotopic (exact) mass is 573 g/mol. The van der Waals surface area contributed by atoms with Crippen molar-refractivity contribution in [2.45, 2.75) is 64.9 Å². The number of benzene rings is 2. The van der Waals surface area contributed by atoms with E-state index in [1.165, 1.54) is 12.8 Å². The lowest BCUT2D eigenvalue weighted by molar-refractivity contribution is 0.0471. The Morgan fingerprint density at radius 2 is 1.51 bits per heavy atom. The van der Waals surface area contributed by atoms with Crippen LogP contribution in [0.15, 0.2) is 24.3 Å². The van der Waals surface area contributed by atoms with Crippen LogP contribution in [-0.4, -0.2) is 57.6 Å². The van der Waals surface area contributed by atoms with E-state index in [0.717, 1.165) is 23.5 Å². The van der Waals surface area contributed by atoms with Gasteiger partial charge in [-0.05, 0) is 76.4 Å². The maximum absolute atomic E-state index is 14.4. The van der Waals surface area contributed by atoms with Gasteiger partial charge in [0.05, 0.1) is 12.7 Å². The molecule has 0 heterocycles. The number of nitrogens with zero attached hydrogens (tertiary/aromatic N) is 1. The van der Waals surface area contributed by atoms with Crippen LogP contribution in [0, 0.1) is 35.0 Å². The molecule has 0 saturated heterocycles. The second-order valence-corrected chi connectivity index (χ2v) is 15.5. The van der Waals surface area contributed by atoms with Gasteiger partial charge in [-0.3, -0.25) is 4.79 Å². The minimum atomic E-state index is -2.32. The van der Waals surface area contributed by atoms with Gasteiger partial charge < -0.3 is 18.8 Å². The first-order chi connectivity index (χ1) is 18.3. The van der Waals surface area contributed by atoms with Crippen LogP contribution in [0.1, 0.15) is 42.6 Å². The highest BCUT2D eigenvalue weighted by Gasteiger charge is 2.35. The van der Waals surface area contributed by atoms with Crippen molar-refractivity contribution in [2.75, 3.05) is 26.4 Å². The highest BCUT2D eigenvalue weighted by atomic mass is 28.4. The van der Waals surface area contributed by atoms with Gasteiger partial charge in [0.15, 0.2) is 31.6 Å². The predicted molar refractivity (Wildman–Crippen MR) is 140 cm³/mol. The van der Waals surface area contributed by atoms with Crippen LogP contribution in [-0.2, 0) is 15.6 Å². The molecule has 0 N–H and O–H groups in total. The van der Waals surface area contributed by atoms with Gasteiger partial charge in [-0.15, -0.1) is 0 Å². The summed E-state index contributed by atoms with van der Waals surface area (Å²) in [6, 6.07) is 6.83. The average molecular weight is 574 g/mol. The van der Waals surface area contributed by atoms with Gasteiger partial charge in [-0.1, -0.05) is 12.1 Å². The Kier molecular flexibility index (Phi) is 10.5. The predicted octanol–water partition coefficient (Wildman–Crippen LogP) is 6.50. The fraction of sp³-hybridized carbons (Fsp3) is 0.536. The fourth-order valence-electron chi connectivity index (χ4n) is 3.97. The van der Waals surface area contributed by atoms with Crippen LogP contribution >= 0.6 is 0 Å². The topological polar surface area (TPSA) is 48.0 Å². The Morgan fingerprint density at radius 3 is 2.03 bits per heavy atom. The number of hydrogen-bond acceptors (Lipinski definition) is 4. The normalized spacial score (nSPS) is 14.5. The van der Waals surface area contributed by atoms with Crippen LogP contribution in [0.2, 0.25) is 19.6 Å². The second kappa shape index (κ2) is 13.2. The summed E-state index contributed by atoms with van der Waals surface area (Å²) in [5, 5.41) is 0. The number of carbonyl (C=O) groups excluding carboxylic acids is 1. The molecule has 0 spiro atoms. The molecule has 0 bridgehead atoms. The van der Waals surface area contributed by atoms with Crippen LogP contribution in [0.4, 0.5) is 22.0 Å². The second-order valence-electron chi connectivity index (χ2n) is 11.1. The molecule has 1 atom stereocenters. The van der Waals surface area contributed by atoms with Gasteiger partial charge in [0.2, 0.25) is 5.82 Å². The molecule has 3 rings (SSSR count). The first-order valence-corrected chi connectivity index (χ1v) is 16.5. The van der Waals surface area contributed by atoms with Gasteiger partial charge in [0, 0.05) is 19.2 Å².